The van der Waals surface area contributed by atoms with Crippen molar-refractivity contribution in [1.82, 2.24) is 10.2 Å². The molecule has 124 heavy (non-hydrogen) atoms. The van der Waals surface area contributed by atoms with Gasteiger partial charge in [0.2, 0.25) is 0 Å². The molecule has 0 aromatic carbocycles. The average molecular weight is 1770 g/mol. The Morgan fingerprint density at radius 2 is 0.935 bits per heavy atom. The molecular formula is C103H170N2O17S2. The zero-order chi connectivity index (χ0) is 89.9. The number of ether oxygens (including phenoxy) is 7. The Bertz CT molecular complexity index is 3100. The minimum absolute atomic E-state index is 0.0274. The van der Waals surface area contributed by atoms with Crippen LogP contribution in [0.3, 0.4) is 0 Å². The Kier molecular flexibility index (Phi) is 58.3. The van der Waals surface area contributed by atoms with Crippen LogP contribution in [0, 0.1) is 34.5 Å². The fourth-order valence-electron chi connectivity index (χ4n) is 17.4. The summed E-state index contributed by atoms with van der Waals surface area (Å²) in [6.45, 7) is 15.8. The fraction of sp³-hybridized carbons (Fsp3) is 0.757. The Morgan fingerprint density at radius 3 is 1.51 bits per heavy atom. The SMILES string of the molecule is C1=CCCSCCC1.CC1(C)/C=C\CC(C)(C)CSC1.CC1(C)OC2CC/C=C/CCC2O1.CC1/C=C/CCCCC1O.CN1C(=O)OC2CCCC/C=C/C21.COC1CC/C=C/CCC1.O=C1NC2/C=C/CCCCC2O1.O=C=O.OC1/C=C/CCCCC1O.OC1CC/C=C/CCC1.OCC1O[C@H]2CC/C=C/CC[C@H]2O1.OCC1[C@H]2CC/C=C/CC[C@@H]12. The number of fused-ring (bicyclic) bond motifs is 5. The monoisotopic (exact) mass is 1770 g/mol. The molecular weight excluding hydrogens is 1600 g/mol. The highest BCUT2D eigenvalue weighted by molar-refractivity contribution is 7.99. The van der Waals surface area contributed by atoms with Gasteiger partial charge >= 0.3 is 18.3 Å². The Hall–Kier alpha value is -4.68. The van der Waals surface area contributed by atoms with Gasteiger partial charge in [-0.2, -0.15) is 33.1 Å². The minimum Gasteiger partial charge on any atom is -0.444 e. The summed E-state index contributed by atoms with van der Waals surface area (Å²) in [5.41, 5.74) is 0.902. The van der Waals surface area contributed by atoms with Crippen LogP contribution in [-0.4, -0.2) is 196 Å². The van der Waals surface area contributed by atoms with E-state index in [1.165, 1.54) is 139 Å². The molecule has 16 rings (SSSR count). The maximum Gasteiger partial charge on any atom is 0.410 e. The summed E-state index contributed by atoms with van der Waals surface area (Å²) < 4.78 is 38.4. The molecule has 0 aromatic rings. The summed E-state index contributed by atoms with van der Waals surface area (Å²) >= 11 is 4.17. The summed E-state index contributed by atoms with van der Waals surface area (Å²) in [5.74, 6) is 7.64. The second-order valence-corrected chi connectivity index (χ2v) is 39.7. The lowest BCUT2D eigenvalue weighted by Gasteiger charge is -2.29. The van der Waals surface area contributed by atoms with Gasteiger partial charge in [0.05, 0.1) is 73.6 Å². The van der Waals surface area contributed by atoms with Crippen LogP contribution in [0.15, 0.2) is 134 Å². The van der Waals surface area contributed by atoms with Crippen LogP contribution in [-0.2, 0) is 42.7 Å². The van der Waals surface area contributed by atoms with Gasteiger partial charge in [0.1, 0.15) is 12.2 Å². The van der Waals surface area contributed by atoms with Gasteiger partial charge in [-0.3, -0.25) is 0 Å². The molecule has 10 aliphatic carbocycles. The van der Waals surface area contributed by atoms with Crippen molar-refractivity contribution in [3.8, 4) is 0 Å². The summed E-state index contributed by atoms with van der Waals surface area (Å²) in [6, 6.07) is 0.297. The summed E-state index contributed by atoms with van der Waals surface area (Å²) in [4.78, 5) is 40.0. The van der Waals surface area contributed by atoms with E-state index in [2.05, 4.69) is 185 Å². The Balaban J connectivity index is 0.000000242. The third-order valence-corrected chi connectivity index (χ3v) is 28.0. The van der Waals surface area contributed by atoms with Crippen LogP contribution in [0.1, 0.15) is 318 Å². The normalized spacial score (nSPS) is 35.5. The molecule has 0 radical (unpaired) electrons. The summed E-state index contributed by atoms with van der Waals surface area (Å²) in [7, 11) is 3.62. The number of rotatable bonds is 3. The van der Waals surface area contributed by atoms with Crippen LogP contribution >= 0.6 is 23.5 Å². The fourth-order valence-corrected chi connectivity index (χ4v) is 19.7. The van der Waals surface area contributed by atoms with Crippen molar-refractivity contribution < 1.29 is 83.0 Å². The van der Waals surface area contributed by atoms with E-state index in [4.69, 9.17) is 58.1 Å². The molecule has 14 unspecified atom stereocenters. The molecule has 706 valence electrons. The topological polar surface area (TPSA) is 270 Å². The van der Waals surface area contributed by atoms with E-state index in [9.17, 15) is 24.9 Å². The molecule has 1 saturated carbocycles. The number of carbonyl (C=O) groups is 2. The van der Waals surface area contributed by atoms with Gasteiger partial charge in [-0.15, -0.1) is 0 Å². The number of alkyl carbamates (subject to hydrolysis) is 1. The van der Waals surface area contributed by atoms with Crippen molar-refractivity contribution in [3.05, 3.63) is 134 Å². The first-order valence-electron chi connectivity index (χ1n) is 48.3. The molecule has 0 spiro atoms. The summed E-state index contributed by atoms with van der Waals surface area (Å²) in [6.07, 6.45) is 95.8. The molecule has 6 heterocycles. The van der Waals surface area contributed by atoms with Crippen molar-refractivity contribution in [2.45, 2.75) is 409 Å². The molecule has 5 fully saturated rings. The number of hydrogen-bond acceptors (Lipinski definition) is 19. The lowest BCUT2D eigenvalue weighted by atomic mass is 9.88. The number of likely N-dealkylation sites (N-methyl/N-ethyl adjacent to an activating group) is 1. The van der Waals surface area contributed by atoms with Crippen LogP contribution in [0.25, 0.3) is 0 Å². The largest absolute Gasteiger partial charge is 0.444 e. The second-order valence-electron chi connectivity index (χ2n) is 37.5. The number of amides is 2. The zero-order valence-electron chi connectivity index (χ0n) is 78.0. The van der Waals surface area contributed by atoms with Crippen molar-refractivity contribution in [1.29, 1.82) is 0 Å². The molecule has 16 aliphatic rings. The molecule has 6 aliphatic heterocycles. The van der Waals surface area contributed by atoms with Gasteiger partial charge in [0, 0.05) is 26.5 Å². The molecule has 19 nitrogen and oxygen atoms in total. The van der Waals surface area contributed by atoms with Crippen molar-refractivity contribution in [3.63, 3.8) is 0 Å². The van der Waals surface area contributed by atoms with E-state index >= 15 is 0 Å². The van der Waals surface area contributed by atoms with E-state index in [1.807, 2.05) is 27.0 Å². The molecule has 0 aromatic heterocycles. The molecule has 4 saturated heterocycles. The van der Waals surface area contributed by atoms with Crippen LogP contribution in [0.4, 0.5) is 9.59 Å². The lowest BCUT2D eigenvalue weighted by Crippen LogP contribution is -2.31. The van der Waals surface area contributed by atoms with E-state index in [0.717, 1.165) is 166 Å². The molecule has 0 bridgehead atoms. The van der Waals surface area contributed by atoms with Crippen molar-refractivity contribution in [2.75, 3.05) is 50.4 Å². The number of aliphatic hydroxyl groups is 6. The number of methoxy groups -OCH3 is 1. The highest BCUT2D eigenvalue weighted by Crippen LogP contribution is 2.52. The second kappa shape index (κ2) is 65.8. The van der Waals surface area contributed by atoms with Crippen LogP contribution in [0.2, 0.25) is 0 Å². The Morgan fingerprint density at radius 1 is 0.460 bits per heavy atom. The van der Waals surface area contributed by atoms with Gasteiger partial charge < -0.3 is 74.0 Å². The number of carbonyl (C=O) groups excluding carboxylic acids is 4. The average Bonchev–Trinajstić information content (AvgIpc) is 1.63. The predicted molar refractivity (Wildman–Crippen MR) is 507 cm³/mol. The number of hydrogen-bond donors (Lipinski definition) is 7. The van der Waals surface area contributed by atoms with Gasteiger partial charge in [-0.1, -0.05) is 181 Å². The lowest BCUT2D eigenvalue weighted by molar-refractivity contribution is -0.191. The van der Waals surface area contributed by atoms with E-state index < -0.39 is 12.2 Å². The first-order chi connectivity index (χ1) is 59.9. The van der Waals surface area contributed by atoms with Crippen molar-refractivity contribution >= 4 is 41.9 Å². The molecule has 21 heteroatoms. The standard InChI is InChI=1S/C11H18O2.C11H20S.C10H15NO2.C10H16O3.C10H16O.C9H13NO2.2C9H16O.C8H14O2.C8H14O.C7H12S.CO2/c1-11(2)12-9-7-5-3-4-6-8-10(9)13-11;1-10(2)6-5-7-11(3,4)9-12-8-10;1-11-8-6-4-2-3-5-7-9(8)13-10(11)12;11-7-10-12-8-5-3-1-2-4-6-9(8)13-10;11-7-10-8-5-3-1-2-4-6-9(8)10;11-9-10-7-5-3-1-2-4-6-8(7)12-9;1-10-9-7-5-3-2-4-6-8-9;1-8-6-4-2-3-5-7-9(8)10;9-7-5-3-1-2-4-6-8(7)10;9-8-6-4-2-1-3-5-7-8;1-2-4-6-8-7-5-3-1;2-1-3/h3-4,9-10H,5-8H2,1-2H3;5-6H,7-9H2,1-4H3;4,6,8-9H,2-3,5,7H2,1H3;1-2,8-11H,3-7H2;1-2,8-11H,3-7H2;3,5,7-8H,1-2,4,6H2,(H,10,11);2-3,9H,4-8H2,1H3;4,6,8-10H,2-3,5,7H2,1H3;3,5,7-10H,1-2,4,6H2;1-2,8-9H,3-7H2;1-2H,3-7H2;/b4-3+;6-5-;6-4+;2*2-1+;5-3+;3-2+;6-4+;5-3+;2-1+;;/t;;;2*8-,9+,10?;;;;;;;. The van der Waals surface area contributed by atoms with Gasteiger partial charge in [-0.05, 0) is 322 Å². The van der Waals surface area contributed by atoms with Gasteiger partial charge in [0.15, 0.2) is 12.1 Å². The Labute approximate surface area is 758 Å². The number of nitrogens with zero attached hydrogens (tertiary/aromatic N) is 1. The number of aliphatic hydroxyl groups excluding tert-OH is 6. The van der Waals surface area contributed by atoms with E-state index in [-0.39, 0.29) is 85.7 Å². The number of thioether (sulfide) groups is 2. The summed E-state index contributed by atoms with van der Waals surface area (Å²) in [5, 5.41) is 57.6. The smallest absolute Gasteiger partial charge is 0.410 e. The van der Waals surface area contributed by atoms with E-state index in [0.29, 0.717) is 47.6 Å². The number of allylic oxidation sites excluding steroid dienone is 18. The van der Waals surface area contributed by atoms with Crippen molar-refractivity contribution in [2.24, 2.45) is 34.5 Å². The highest BCUT2D eigenvalue weighted by Gasteiger charge is 2.48. The van der Waals surface area contributed by atoms with Crippen LogP contribution in [0.5, 0.6) is 0 Å². The first kappa shape index (κ1) is 110. The third kappa shape index (κ3) is 48.8. The minimum atomic E-state index is -0.639. The maximum atomic E-state index is 11.2. The maximum absolute atomic E-state index is 11.2. The van der Waals surface area contributed by atoms with Gasteiger partial charge in [-0.25, -0.2) is 9.59 Å². The molecule has 7 N–H and O–H groups in total. The first-order valence-corrected chi connectivity index (χ1v) is 50.7. The molecule has 18 atom stereocenters. The highest BCUT2D eigenvalue weighted by atomic mass is 32.2. The predicted octanol–water partition coefficient (Wildman–Crippen LogP) is 22.3. The van der Waals surface area contributed by atoms with E-state index in [1.54, 1.807) is 18.0 Å². The zero-order valence-corrected chi connectivity index (χ0v) is 79.6. The van der Waals surface area contributed by atoms with Crippen LogP contribution < -0.4 is 5.32 Å². The number of nitrogens with one attached hydrogen (secondary N) is 1. The quantitative estimate of drug-likeness (QED) is 0.129. The molecule has 2 amide bonds. The van der Waals surface area contributed by atoms with Gasteiger partial charge in [0.25, 0.3) is 0 Å². The third-order valence-electron chi connectivity index (χ3n) is 25.0.